The molecule has 0 amide bonds. The van der Waals surface area contributed by atoms with E-state index in [1.54, 1.807) is 13.3 Å². The van der Waals surface area contributed by atoms with Crippen molar-refractivity contribution in [2.24, 2.45) is 0 Å². The molecule has 1 aromatic heterocycles. The predicted molar refractivity (Wildman–Crippen MR) is 56.0 cm³/mol. The van der Waals surface area contributed by atoms with Gasteiger partial charge in [-0.3, -0.25) is 0 Å². The van der Waals surface area contributed by atoms with Crippen LogP contribution >= 0.6 is 11.8 Å². The first-order valence-electron chi connectivity index (χ1n) is 4.30. The summed E-state index contributed by atoms with van der Waals surface area (Å²) in [6.07, 6.45) is 2.95. The van der Waals surface area contributed by atoms with Crippen LogP contribution in [0.5, 0.6) is 0 Å². The lowest BCUT2D eigenvalue weighted by molar-refractivity contribution is 0.0593. The van der Waals surface area contributed by atoms with Gasteiger partial charge >= 0.3 is 5.97 Å². The Balaban J connectivity index is 2.52. The summed E-state index contributed by atoms with van der Waals surface area (Å²) in [5, 5.41) is 0.764. The SMILES string of the molecule is COCCSc1cnc(C(=O)OC)cn1. The Morgan fingerprint density at radius 1 is 1.40 bits per heavy atom. The van der Waals surface area contributed by atoms with E-state index in [9.17, 15) is 4.79 Å². The van der Waals surface area contributed by atoms with Crippen LogP contribution in [0.1, 0.15) is 10.5 Å². The van der Waals surface area contributed by atoms with Crippen LogP contribution in [0.3, 0.4) is 0 Å². The zero-order valence-electron chi connectivity index (χ0n) is 8.60. The van der Waals surface area contributed by atoms with Crippen molar-refractivity contribution in [2.45, 2.75) is 5.03 Å². The molecule has 0 aromatic carbocycles. The van der Waals surface area contributed by atoms with Crippen LogP contribution in [0.25, 0.3) is 0 Å². The number of thioether (sulfide) groups is 1. The van der Waals surface area contributed by atoms with Crippen molar-refractivity contribution in [3.05, 3.63) is 18.1 Å². The van der Waals surface area contributed by atoms with Gasteiger partial charge in [0.15, 0.2) is 5.69 Å². The minimum Gasteiger partial charge on any atom is -0.464 e. The van der Waals surface area contributed by atoms with Crippen LogP contribution in [0.4, 0.5) is 0 Å². The molecule has 0 fully saturated rings. The summed E-state index contributed by atoms with van der Waals surface area (Å²) in [6, 6.07) is 0. The largest absolute Gasteiger partial charge is 0.464 e. The van der Waals surface area contributed by atoms with Gasteiger partial charge in [0.2, 0.25) is 0 Å². The van der Waals surface area contributed by atoms with Gasteiger partial charge in [0.1, 0.15) is 5.03 Å². The Hall–Kier alpha value is -1.14. The fourth-order valence-electron chi connectivity index (χ4n) is 0.830. The summed E-state index contributed by atoms with van der Waals surface area (Å²) in [5.74, 6) is 0.332. The second-order valence-corrected chi connectivity index (χ2v) is 3.69. The molecule has 0 atom stereocenters. The van der Waals surface area contributed by atoms with Gasteiger partial charge in [-0.15, -0.1) is 11.8 Å². The van der Waals surface area contributed by atoms with Crippen molar-refractivity contribution < 1.29 is 14.3 Å². The monoisotopic (exact) mass is 228 g/mol. The second kappa shape index (κ2) is 6.36. The van der Waals surface area contributed by atoms with E-state index in [-0.39, 0.29) is 5.69 Å². The molecule has 0 saturated carbocycles. The van der Waals surface area contributed by atoms with Gasteiger partial charge < -0.3 is 9.47 Å². The van der Waals surface area contributed by atoms with E-state index in [1.807, 2.05) is 0 Å². The van der Waals surface area contributed by atoms with Gasteiger partial charge in [-0.2, -0.15) is 0 Å². The first-order chi connectivity index (χ1) is 7.27. The minimum absolute atomic E-state index is 0.216. The average Bonchev–Trinajstić information content (AvgIpc) is 2.29. The summed E-state index contributed by atoms with van der Waals surface area (Å²) >= 11 is 1.52. The molecule has 0 bridgehead atoms. The predicted octanol–water partition coefficient (Wildman–Crippen LogP) is 1.00. The van der Waals surface area contributed by atoms with Gasteiger partial charge in [0, 0.05) is 12.9 Å². The lowest BCUT2D eigenvalue weighted by atomic mass is 10.5. The van der Waals surface area contributed by atoms with Crippen LogP contribution in [-0.2, 0) is 9.47 Å². The van der Waals surface area contributed by atoms with Crippen LogP contribution < -0.4 is 0 Å². The van der Waals surface area contributed by atoms with Crippen molar-refractivity contribution in [3.63, 3.8) is 0 Å². The summed E-state index contributed by atoms with van der Waals surface area (Å²) in [5.41, 5.74) is 0.216. The molecule has 82 valence electrons. The topological polar surface area (TPSA) is 61.3 Å². The van der Waals surface area contributed by atoms with E-state index < -0.39 is 5.97 Å². The highest BCUT2D eigenvalue weighted by Crippen LogP contribution is 2.13. The normalized spacial score (nSPS) is 10.0. The molecule has 0 aliphatic rings. The molecule has 0 saturated heterocycles. The molecule has 0 aliphatic carbocycles. The lowest BCUT2D eigenvalue weighted by Crippen LogP contribution is -2.04. The standard InChI is InChI=1S/C9H12N2O3S/c1-13-3-4-15-8-6-10-7(5-11-8)9(12)14-2/h5-6H,3-4H2,1-2H3. The minimum atomic E-state index is -0.476. The van der Waals surface area contributed by atoms with E-state index in [4.69, 9.17) is 4.74 Å². The van der Waals surface area contributed by atoms with Crippen LogP contribution in [0.15, 0.2) is 17.4 Å². The van der Waals surface area contributed by atoms with Crippen molar-refractivity contribution in [3.8, 4) is 0 Å². The maximum Gasteiger partial charge on any atom is 0.358 e. The van der Waals surface area contributed by atoms with E-state index in [2.05, 4.69) is 14.7 Å². The Morgan fingerprint density at radius 3 is 2.73 bits per heavy atom. The Bertz CT molecular complexity index is 316. The number of methoxy groups -OCH3 is 2. The van der Waals surface area contributed by atoms with Crippen molar-refractivity contribution >= 4 is 17.7 Å². The molecule has 5 nitrogen and oxygen atoms in total. The Morgan fingerprint density at radius 2 is 2.20 bits per heavy atom. The first kappa shape index (κ1) is 11.9. The molecule has 1 heterocycles. The zero-order chi connectivity index (χ0) is 11.1. The summed E-state index contributed by atoms with van der Waals surface area (Å²) in [7, 11) is 2.96. The van der Waals surface area contributed by atoms with Gasteiger partial charge in [-0.05, 0) is 0 Å². The molecular weight excluding hydrogens is 216 g/mol. The van der Waals surface area contributed by atoms with Crippen LogP contribution in [-0.4, -0.2) is 42.5 Å². The molecule has 0 unspecified atom stereocenters. The molecule has 1 aromatic rings. The van der Waals surface area contributed by atoms with Crippen molar-refractivity contribution in [2.75, 3.05) is 26.6 Å². The number of ether oxygens (including phenoxy) is 2. The number of esters is 1. The molecule has 0 N–H and O–H groups in total. The first-order valence-corrected chi connectivity index (χ1v) is 5.28. The van der Waals surface area contributed by atoms with Crippen LogP contribution in [0, 0.1) is 0 Å². The zero-order valence-corrected chi connectivity index (χ0v) is 9.41. The number of carbonyl (C=O) groups excluding carboxylic acids is 1. The second-order valence-electron chi connectivity index (χ2n) is 2.57. The summed E-state index contributed by atoms with van der Waals surface area (Å²) in [6.45, 7) is 0.658. The highest BCUT2D eigenvalue weighted by atomic mass is 32.2. The van der Waals surface area contributed by atoms with E-state index in [0.717, 1.165) is 10.8 Å². The quantitative estimate of drug-likeness (QED) is 0.425. The highest BCUT2D eigenvalue weighted by Gasteiger charge is 2.07. The number of carbonyl (C=O) groups is 1. The number of hydrogen-bond acceptors (Lipinski definition) is 6. The molecule has 0 radical (unpaired) electrons. The van der Waals surface area contributed by atoms with Gasteiger partial charge in [-0.1, -0.05) is 0 Å². The summed E-state index contributed by atoms with van der Waals surface area (Å²) < 4.78 is 9.41. The molecule has 0 aliphatic heterocycles. The maximum atomic E-state index is 11.0. The number of aromatic nitrogens is 2. The van der Waals surface area contributed by atoms with E-state index in [0.29, 0.717) is 6.61 Å². The lowest BCUT2D eigenvalue weighted by Gasteiger charge is -2.00. The highest BCUT2D eigenvalue weighted by molar-refractivity contribution is 7.99. The van der Waals surface area contributed by atoms with Gasteiger partial charge in [-0.25, -0.2) is 14.8 Å². The van der Waals surface area contributed by atoms with Gasteiger partial charge in [0.05, 0.1) is 26.1 Å². The maximum absolute atomic E-state index is 11.0. The fourth-order valence-corrected chi connectivity index (χ4v) is 1.54. The van der Waals surface area contributed by atoms with Crippen LogP contribution in [0.2, 0.25) is 0 Å². The van der Waals surface area contributed by atoms with E-state index in [1.165, 1.54) is 25.1 Å². The number of rotatable bonds is 5. The number of nitrogens with zero attached hydrogens (tertiary/aromatic N) is 2. The number of hydrogen-bond donors (Lipinski definition) is 0. The molecule has 1 rings (SSSR count). The Kier molecular flexibility index (Phi) is 5.06. The van der Waals surface area contributed by atoms with E-state index >= 15 is 0 Å². The van der Waals surface area contributed by atoms with Crippen molar-refractivity contribution in [1.82, 2.24) is 9.97 Å². The third-order valence-electron chi connectivity index (χ3n) is 1.56. The van der Waals surface area contributed by atoms with Gasteiger partial charge in [0.25, 0.3) is 0 Å². The smallest absolute Gasteiger partial charge is 0.358 e. The third kappa shape index (κ3) is 3.85. The fraction of sp³-hybridized carbons (Fsp3) is 0.444. The Labute approximate surface area is 92.2 Å². The van der Waals surface area contributed by atoms with Crippen molar-refractivity contribution in [1.29, 1.82) is 0 Å². The summed E-state index contributed by atoms with van der Waals surface area (Å²) in [4.78, 5) is 19.0. The molecular formula is C9H12N2O3S. The molecule has 15 heavy (non-hydrogen) atoms. The molecule has 6 heteroatoms. The molecule has 0 spiro atoms. The average molecular weight is 228 g/mol. The third-order valence-corrected chi connectivity index (χ3v) is 2.44.